The van der Waals surface area contributed by atoms with E-state index in [0.717, 1.165) is 10.4 Å². The number of ether oxygens (including phenoxy) is 1. The van der Waals surface area contributed by atoms with Crippen LogP contribution >= 0.6 is 23.2 Å². The second-order valence-corrected chi connectivity index (χ2v) is 9.45. The van der Waals surface area contributed by atoms with Crippen LogP contribution in [0.15, 0.2) is 60.0 Å². The van der Waals surface area contributed by atoms with Gasteiger partial charge in [0.05, 0.1) is 27.7 Å². The number of esters is 1. The van der Waals surface area contributed by atoms with Crippen molar-refractivity contribution >= 4 is 50.8 Å². The van der Waals surface area contributed by atoms with Gasteiger partial charge in [0.1, 0.15) is 0 Å². The van der Waals surface area contributed by atoms with Gasteiger partial charge >= 0.3 is 5.97 Å². The highest BCUT2D eigenvalue weighted by molar-refractivity contribution is 7.92. The number of hydrogen-bond donors (Lipinski definition) is 1. The molecule has 0 spiro atoms. The number of carbonyl (C=O) groups excluding carboxylic acids is 2. The Kier molecular flexibility index (Phi) is 8.50. The second-order valence-electron chi connectivity index (χ2n) is 6.74. The SMILES string of the molecule is C=CCN(c1ccc(Cl)cc1)S(=O)(=O)c1ccc(Cl)c(C(=O)OCC(=O)NC(C)C)c1. The Labute approximate surface area is 191 Å². The average molecular weight is 485 g/mol. The summed E-state index contributed by atoms with van der Waals surface area (Å²) in [6.45, 7) is 6.61. The molecule has 0 unspecified atom stereocenters. The summed E-state index contributed by atoms with van der Waals surface area (Å²) in [4.78, 5) is 23.9. The van der Waals surface area contributed by atoms with Crippen LogP contribution in [0.2, 0.25) is 10.0 Å². The maximum absolute atomic E-state index is 13.3. The third-order valence-corrected chi connectivity index (χ3v) is 6.31. The number of hydrogen-bond acceptors (Lipinski definition) is 5. The second kappa shape index (κ2) is 10.7. The van der Waals surface area contributed by atoms with Crippen molar-refractivity contribution in [1.29, 1.82) is 0 Å². The molecule has 0 heterocycles. The Bertz CT molecular complexity index is 1070. The summed E-state index contributed by atoms with van der Waals surface area (Å²) in [5.41, 5.74) is 0.198. The molecule has 0 radical (unpaired) electrons. The van der Waals surface area contributed by atoms with Crippen LogP contribution in [0.5, 0.6) is 0 Å². The third-order valence-electron chi connectivity index (χ3n) is 3.94. The third kappa shape index (κ3) is 6.46. The van der Waals surface area contributed by atoms with Crippen molar-refractivity contribution in [2.45, 2.75) is 24.8 Å². The summed E-state index contributed by atoms with van der Waals surface area (Å²) in [5.74, 6) is -1.40. The van der Waals surface area contributed by atoms with E-state index in [1.165, 1.54) is 18.2 Å². The van der Waals surface area contributed by atoms with Gasteiger partial charge in [-0.3, -0.25) is 9.10 Å². The number of amides is 1. The number of halogens is 2. The van der Waals surface area contributed by atoms with Crippen molar-refractivity contribution in [2.75, 3.05) is 17.5 Å². The topological polar surface area (TPSA) is 92.8 Å². The molecule has 2 aromatic rings. The van der Waals surface area contributed by atoms with Gasteiger partial charge in [0.15, 0.2) is 6.61 Å². The van der Waals surface area contributed by atoms with Crippen LogP contribution in [0.3, 0.4) is 0 Å². The van der Waals surface area contributed by atoms with Gasteiger partial charge in [-0.15, -0.1) is 6.58 Å². The maximum Gasteiger partial charge on any atom is 0.340 e. The number of benzene rings is 2. The number of nitrogens with one attached hydrogen (secondary N) is 1. The Morgan fingerprint density at radius 1 is 1.16 bits per heavy atom. The van der Waals surface area contributed by atoms with Crippen LogP contribution in [-0.4, -0.2) is 39.5 Å². The number of nitrogens with zero attached hydrogens (tertiary/aromatic N) is 1. The lowest BCUT2D eigenvalue weighted by atomic mass is 10.2. The molecule has 0 aliphatic heterocycles. The van der Waals surface area contributed by atoms with Crippen LogP contribution < -0.4 is 9.62 Å². The molecular formula is C21H22Cl2N2O5S. The molecule has 1 amide bonds. The molecule has 166 valence electrons. The first-order valence-corrected chi connectivity index (χ1v) is 11.4. The van der Waals surface area contributed by atoms with Crippen molar-refractivity contribution in [2.24, 2.45) is 0 Å². The van der Waals surface area contributed by atoms with Crippen molar-refractivity contribution in [3.05, 3.63) is 70.7 Å². The fourth-order valence-corrected chi connectivity index (χ4v) is 4.37. The van der Waals surface area contributed by atoms with Crippen LogP contribution in [0.4, 0.5) is 5.69 Å². The molecule has 10 heteroatoms. The largest absolute Gasteiger partial charge is 0.452 e. The fourth-order valence-electron chi connectivity index (χ4n) is 2.59. The summed E-state index contributed by atoms with van der Waals surface area (Å²) in [6, 6.07) is 9.81. The average Bonchev–Trinajstić information content (AvgIpc) is 2.70. The minimum Gasteiger partial charge on any atom is -0.452 e. The Morgan fingerprint density at radius 3 is 2.39 bits per heavy atom. The molecule has 0 fully saturated rings. The molecule has 2 aromatic carbocycles. The van der Waals surface area contributed by atoms with E-state index in [4.69, 9.17) is 27.9 Å². The van der Waals surface area contributed by atoms with E-state index in [1.807, 2.05) is 0 Å². The summed E-state index contributed by atoms with van der Waals surface area (Å²) >= 11 is 12.0. The zero-order valence-corrected chi connectivity index (χ0v) is 19.3. The van der Waals surface area contributed by atoms with Gasteiger partial charge in [-0.05, 0) is 56.3 Å². The van der Waals surface area contributed by atoms with E-state index in [0.29, 0.717) is 10.7 Å². The molecule has 1 N–H and O–H groups in total. The van der Waals surface area contributed by atoms with Crippen LogP contribution in [0, 0.1) is 0 Å². The van der Waals surface area contributed by atoms with Crippen LogP contribution in [0.25, 0.3) is 0 Å². The zero-order chi connectivity index (χ0) is 23.2. The monoisotopic (exact) mass is 484 g/mol. The van der Waals surface area contributed by atoms with Crippen molar-refractivity contribution in [3.63, 3.8) is 0 Å². The molecule has 0 saturated heterocycles. The summed E-state index contributed by atoms with van der Waals surface area (Å²) in [5, 5.41) is 3.03. The molecule has 31 heavy (non-hydrogen) atoms. The van der Waals surface area contributed by atoms with Gasteiger partial charge in [-0.1, -0.05) is 29.3 Å². The predicted octanol–water partition coefficient (Wildman–Crippen LogP) is 4.06. The van der Waals surface area contributed by atoms with Gasteiger partial charge < -0.3 is 10.1 Å². The molecule has 2 rings (SSSR count). The summed E-state index contributed by atoms with van der Waals surface area (Å²) in [7, 11) is -4.08. The van der Waals surface area contributed by atoms with Gasteiger partial charge in [0.25, 0.3) is 15.9 Å². The van der Waals surface area contributed by atoms with Gasteiger partial charge in [0.2, 0.25) is 0 Å². The first kappa shape index (κ1) is 24.7. The fraction of sp³-hybridized carbons (Fsp3) is 0.238. The van der Waals surface area contributed by atoms with Gasteiger partial charge in [0, 0.05) is 11.1 Å². The molecule has 0 aromatic heterocycles. The molecule has 7 nitrogen and oxygen atoms in total. The van der Waals surface area contributed by atoms with Gasteiger partial charge in [-0.2, -0.15) is 0 Å². The van der Waals surface area contributed by atoms with Crippen LogP contribution in [0.1, 0.15) is 24.2 Å². The summed E-state index contributed by atoms with van der Waals surface area (Å²) < 4.78 is 32.6. The molecule has 0 saturated carbocycles. The van der Waals surface area contributed by atoms with E-state index in [2.05, 4.69) is 11.9 Å². The highest BCUT2D eigenvalue weighted by Crippen LogP contribution is 2.28. The van der Waals surface area contributed by atoms with Crippen molar-refractivity contribution in [1.82, 2.24) is 5.32 Å². The van der Waals surface area contributed by atoms with E-state index >= 15 is 0 Å². The highest BCUT2D eigenvalue weighted by Gasteiger charge is 2.26. The number of carbonyl (C=O) groups is 2. The lowest BCUT2D eigenvalue weighted by molar-refractivity contribution is -0.124. The lowest BCUT2D eigenvalue weighted by Gasteiger charge is -2.23. The van der Waals surface area contributed by atoms with E-state index < -0.39 is 28.5 Å². The smallest absolute Gasteiger partial charge is 0.340 e. The van der Waals surface area contributed by atoms with Crippen molar-refractivity contribution < 1.29 is 22.7 Å². The Balaban J connectivity index is 2.34. The Hall–Kier alpha value is -2.55. The zero-order valence-electron chi connectivity index (χ0n) is 17.0. The first-order chi connectivity index (χ1) is 14.6. The van der Waals surface area contributed by atoms with E-state index in [-0.39, 0.29) is 28.1 Å². The highest BCUT2D eigenvalue weighted by atomic mass is 35.5. The molecular weight excluding hydrogens is 463 g/mol. The Morgan fingerprint density at radius 2 is 1.81 bits per heavy atom. The van der Waals surface area contributed by atoms with Crippen molar-refractivity contribution in [3.8, 4) is 0 Å². The number of sulfonamides is 1. The molecule has 0 bridgehead atoms. The van der Waals surface area contributed by atoms with Gasteiger partial charge in [-0.25, -0.2) is 13.2 Å². The molecule has 0 aliphatic carbocycles. The maximum atomic E-state index is 13.3. The lowest BCUT2D eigenvalue weighted by Crippen LogP contribution is -2.34. The van der Waals surface area contributed by atoms with Crippen LogP contribution in [-0.2, 0) is 19.6 Å². The molecule has 0 atom stereocenters. The first-order valence-electron chi connectivity index (χ1n) is 9.21. The number of rotatable bonds is 9. The number of anilines is 1. The summed E-state index contributed by atoms with van der Waals surface area (Å²) in [6.07, 6.45) is 1.44. The van der Waals surface area contributed by atoms with E-state index in [1.54, 1.807) is 38.1 Å². The van der Waals surface area contributed by atoms with E-state index in [9.17, 15) is 18.0 Å². The minimum atomic E-state index is -4.08. The molecule has 0 aliphatic rings. The standard InChI is InChI=1S/C21H22Cl2N2O5S/c1-4-11-25(16-7-5-15(22)6-8-16)31(28,29)17-9-10-19(23)18(12-17)21(27)30-13-20(26)24-14(2)3/h4-10,12,14H,1,11,13H2,2-3H3,(H,24,26). The minimum absolute atomic E-state index is 0.00465. The predicted molar refractivity (Wildman–Crippen MR) is 121 cm³/mol. The quantitative estimate of drug-likeness (QED) is 0.427. The normalized spacial score (nSPS) is 11.1.